The summed E-state index contributed by atoms with van der Waals surface area (Å²) in [4.78, 5) is 14.0. The number of rotatable bonds is 3. The number of hydrogen-bond acceptors (Lipinski definition) is 4. The molecule has 24 heavy (non-hydrogen) atoms. The standard InChI is InChI=1S/C19H23N5/c1-13(2)24-12-22-19-17(24)10-16(14-5-8-20-9-6-14)23-18(19)15-4-3-7-21-11-15/h3-4,7,10-14,20H,5-6,8-9H2,1-2H3. The Kier molecular flexibility index (Phi) is 4.02. The minimum Gasteiger partial charge on any atom is -0.328 e. The van der Waals surface area contributed by atoms with Gasteiger partial charge in [0, 0.05) is 35.6 Å². The lowest BCUT2D eigenvalue weighted by molar-refractivity contribution is 0.453. The van der Waals surface area contributed by atoms with Gasteiger partial charge in [0.25, 0.3) is 0 Å². The molecule has 1 N–H and O–H groups in total. The van der Waals surface area contributed by atoms with E-state index in [1.807, 2.05) is 18.6 Å². The summed E-state index contributed by atoms with van der Waals surface area (Å²) in [6.45, 7) is 6.51. The molecule has 4 heterocycles. The van der Waals surface area contributed by atoms with Crippen LogP contribution in [0.4, 0.5) is 0 Å². The van der Waals surface area contributed by atoms with Crippen LogP contribution in [0.25, 0.3) is 22.3 Å². The van der Waals surface area contributed by atoms with E-state index in [1.165, 1.54) is 11.2 Å². The molecule has 124 valence electrons. The Morgan fingerprint density at radius 3 is 2.79 bits per heavy atom. The highest BCUT2D eigenvalue weighted by molar-refractivity contribution is 5.90. The lowest BCUT2D eigenvalue weighted by Gasteiger charge is -2.23. The van der Waals surface area contributed by atoms with Gasteiger partial charge in [-0.05, 0) is 58.0 Å². The monoisotopic (exact) mass is 321 g/mol. The zero-order chi connectivity index (χ0) is 16.5. The van der Waals surface area contributed by atoms with Gasteiger partial charge in [-0.25, -0.2) is 4.98 Å². The lowest BCUT2D eigenvalue weighted by atomic mass is 9.93. The number of nitrogens with one attached hydrogen (secondary N) is 1. The van der Waals surface area contributed by atoms with Gasteiger partial charge in [-0.3, -0.25) is 9.97 Å². The van der Waals surface area contributed by atoms with E-state index in [4.69, 9.17) is 4.98 Å². The van der Waals surface area contributed by atoms with Crippen LogP contribution >= 0.6 is 0 Å². The van der Waals surface area contributed by atoms with Gasteiger partial charge >= 0.3 is 0 Å². The molecule has 1 fully saturated rings. The molecule has 3 aromatic rings. The van der Waals surface area contributed by atoms with Crippen LogP contribution in [-0.4, -0.2) is 32.6 Å². The van der Waals surface area contributed by atoms with E-state index in [1.54, 1.807) is 6.20 Å². The van der Waals surface area contributed by atoms with Crippen LogP contribution in [0.3, 0.4) is 0 Å². The molecule has 5 heteroatoms. The van der Waals surface area contributed by atoms with Crippen LogP contribution in [-0.2, 0) is 0 Å². The maximum atomic E-state index is 5.02. The van der Waals surface area contributed by atoms with Crippen LogP contribution in [0, 0.1) is 0 Å². The molecule has 4 rings (SSSR count). The molecule has 0 saturated carbocycles. The first-order valence-electron chi connectivity index (χ1n) is 8.72. The minimum atomic E-state index is 0.375. The van der Waals surface area contributed by atoms with E-state index in [9.17, 15) is 0 Å². The maximum absolute atomic E-state index is 5.02. The van der Waals surface area contributed by atoms with Crippen molar-refractivity contribution in [3.63, 3.8) is 0 Å². The quantitative estimate of drug-likeness (QED) is 0.801. The Balaban J connectivity index is 1.92. The number of pyridine rings is 2. The molecule has 0 amide bonds. The number of imidazole rings is 1. The number of nitrogens with zero attached hydrogens (tertiary/aromatic N) is 4. The zero-order valence-corrected chi connectivity index (χ0v) is 14.2. The second-order valence-electron chi connectivity index (χ2n) is 6.78. The maximum Gasteiger partial charge on any atom is 0.115 e. The number of fused-ring (bicyclic) bond motifs is 1. The first-order valence-corrected chi connectivity index (χ1v) is 8.72. The Morgan fingerprint density at radius 1 is 1.25 bits per heavy atom. The number of aromatic nitrogens is 4. The fraction of sp³-hybridized carbons (Fsp3) is 0.421. The van der Waals surface area contributed by atoms with Crippen molar-refractivity contribution < 1.29 is 0 Å². The third-order valence-electron chi connectivity index (χ3n) is 4.83. The van der Waals surface area contributed by atoms with Gasteiger partial charge in [-0.1, -0.05) is 0 Å². The van der Waals surface area contributed by atoms with Crippen LogP contribution < -0.4 is 5.32 Å². The topological polar surface area (TPSA) is 55.6 Å². The summed E-state index contributed by atoms with van der Waals surface area (Å²) in [6.07, 6.45) is 7.89. The number of piperidine rings is 1. The van der Waals surface area contributed by atoms with E-state index >= 15 is 0 Å². The number of hydrogen-bond donors (Lipinski definition) is 1. The summed E-state index contributed by atoms with van der Waals surface area (Å²) >= 11 is 0. The highest BCUT2D eigenvalue weighted by Gasteiger charge is 2.21. The molecule has 0 unspecified atom stereocenters. The van der Waals surface area contributed by atoms with Gasteiger partial charge in [-0.15, -0.1) is 0 Å². The van der Waals surface area contributed by atoms with Crippen molar-refractivity contribution in [3.8, 4) is 11.3 Å². The summed E-state index contributed by atoms with van der Waals surface area (Å²) in [5.74, 6) is 0.515. The third-order valence-corrected chi connectivity index (χ3v) is 4.83. The van der Waals surface area contributed by atoms with Gasteiger partial charge in [0.05, 0.1) is 17.5 Å². The van der Waals surface area contributed by atoms with Crippen LogP contribution in [0.2, 0.25) is 0 Å². The summed E-state index contributed by atoms with van der Waals surface area (Å²) < 4.78 is 2.24. The summed E-state index contributed by atoms with van der Waals surface area (Å²) in [5.41, 5.74) is 5.31. The van der Waals surface area contributed by atoms with Crippen LogP contribution in [0.5, 0.6) is 0 Å². The Bertz CT molecular complexity index is 832. The second-order valence-corrected chi connectivity index (χ2v) is 6.78. The highest BCUT2D eigenvalue weighted by atomic mass is 15.1. The first-order chi connectivity index (χ1) is 11.7. The molecule has 0 radical (unpaired) electrons. The van der Waals surface area contributed by atoms with Crippen molar-refractivity contribution in [2.45, 2.75) is 38.6 Å². The van der Waals surface area contributed by atoms with Crippen molar-refractivity contribution in [1.82, 2.24) is 24.8 Å². The SMILES string of the molecule is CC(C)n1cnc2c(-c3cccnc3)nc(C3CCNCC3)cc21. The Morgan fingerprint density at radius 2 is 2.08 bits per heavy atom. The van der Waals surface area contributed by atoms with Crippen molar-refractivity contribution in [1.29, 1.82) is 0 Å². The molecule has 1 aliphatic rings. The van der Waals surface area contributed by atoms with Crippen molar-refractivity contribution in [2.75, 3.05) is 13.1 Å². The van der Waals surface area contributed by atoms with Gasteiger partial charge in [0.2, 0.25) is 0 Å². The molecule has 0 atom stereocenters. The van der Waals surface area contributed by atoms with Crippen molar-refractivity contribution in [2.24, 2.45) is 0 Å². The largest absolute Gasteiger partial charge is 0.328 e. The second kappa shape index (κ2) is 6.32. The normalized spacial score (nSPS) is 16.1. The average Bonchev–Trinajstić information content (AvgIpc) is 3.06. The average molecular weight is 321 g/mol. The van der Waals surface area contributed by atoms with Crippen LogP contribution in [0.15, 0.2) is 36.9 Å². The van der Waals surface area contributed by atoms with Gasteiger partial charge in [0.1, 0.15) is 5.52 Å². The fourth-order valence-corrected chi connectivity index (χ4v) is 3.49. The van der Waals surface area contributed by atoms with Gasteiger partial charge in [-0.2, -0.15) is 0 Å². The molecule has 1 saturated heterocycles. The van der Waals surface area contributed by atoms with E-state index in [0.717, 1.165) is 42.7 Å². The molecule has 0 aromatic carbocycles. The highest BCUT2D eigenvalue weighted by Crippen LogP contribution is 2.32. The van der Waals surface area contributed by atoms with Gasteiger partial charge < -0.3 is 9.88 Å². The van der Waals surface area contributed by atoms with E-state index in [-0.39, 0.29) is 0 Å². The smallest absolute Gasteiger partial charge is 0.115 e. The lowest BCUT2D eigenvalue weighted by Crippen LogP contribution is -2.27. The van der Waals surface area contributed by atoms with Crippen molar-refractivity contribution in [3.05, 3.63) is 42.6 Å². The summed E-state index contributed by atoms with van der Waals surface area (Å²) in [6, 6.07) is 6.65. The molecular formula is C19H23N5. The van der Waals surface area contributed by atoms with Crippen LogP contribution in [0.1, 0.15) is 44.3 Å². The molecule has 0 bridgehead atoms. The summed E-state index contributed by atoms with van der Waals surface area (Å²) in [7, 11) is 0. The Labute approximate surface area is 142 Å². The first kappa shape index (κ1) is 15.3. The zero-order valence-electron chi connectivity index (χ0n) is 14.2. The van der Waals surface area contributed by atoms with Crippen molar-refractivity contribution >= 4 is 11.0 Å². The van der Waals surface area contributed by atoms with E-state index in [2.05, 4.69) is 45.8 Å². The summed E-state index contributed by atoms with van der Waals surface area (Å²) in [5, 5.41) is 3.44. The van der Waals surface area contributed by atoms with Gasteiger partial charge in [0.15, 0.2) is 0 Å². The fourth-order valence-electron chi connectivity index (χ4n) is 3.49. The minimum absolute atomic E-state index is 0.375. The molecule has 1 aliphatic heterocycles. The molecule has 0 aliphatic carbocycles. The van der Waals surface area contributed by atoms with E-state index < -0.39 is 0 Å². The third kappa shape index (κ3) is 2.69. The predicted octanol–water partition coefficient (Wildman–Crippen LogP) is 3.54. The molecule has 3 aromatic heterocycles. The molecular weight excluding hydrogens is 298 g/mol. The molecule has 5 nitrogen and oxygen atoms in total. The van der Waals surface area contributed by atoms with E-state index in [0.29, 0.717) is 12.0 Å². The Hall–Kier alpha value is -2.27. The predicted molar refractivity (Wildman–Crippen MR) is 96.0 cm³/mol. The molecule has 0 spiro atoms.